The molecular weight excluding hydrogens is 438 g/mol. The Bertz CT molecular complexity index is 826. The lowest BCUT2D eigenvalue weighted by molar-refractivity contribution is -0.146. The molecule has 0 aliphatic carbocycles. The minimum Gasteiger partial charge on any atom is -0.493 e. The number of rotatable bonds is 13. The number of aliphatic hydroxyl groups excluding tert-OH is 1. The van der Waals surface area contributed by atoms with E-state index in [9.17, 15) is 19.8 Å². The summed E-state index contributed by atoms with van der Waals surface area (Å²) in [6.07, 6.45) is 8.70. The zero-order chi connectivity index (χ0) is 22.8. The summed E-state index contributed by atoms with van der Waals surface area (Å²) in [5.41, 5.74) is 0.695. The predicted molar refractivity (Wildman–Crippen MR) is 125 cm³/mol. The molecule has 31 heavy (non-hydrogen) atoms. The minimum absolute atomic E-state index is 0.101. The first kappa shape index (κ1) is 25.2. The van der Waals surface area contributed by atoms with Gasteiger partial charge in [0.15, 0.2) is 17.5 Å². The lowest BCUT2D eigenvalue weighted by Crippen LogP contribution is -2.46. The van der Waals surface area contributed by atoms with Gasteiger partial charge in [-0.3, -0.25) is 9.69 Å². The Labute approximate surface area is 192 Å². The number of hydrogen-bond acceptors (Lipinski definition) is 7. The SMILES string of the molecule is CCCCCCCCOc1ccc(C=C2SC(=S)N(C(CO)C(=O)O)C2=O)cc1OC. The molecule has 2 N–H and O–H groups in total. The lowest BCUT2D eigenvalue weighted by atomic mass is 10.1. The van der Waals surface area contributed by atoms with E-state index in [2.05, 4.69) is 6.92 Å². The third kappa shape index (κ3) is 6.95. The molecule has 1 amide bonds. The largest absolute Gasteiger partial charge is 0.493 e. The van der Waals surface area contributed by atoms with Crippen LogP contribution in [-0.2, 0) is 9.59 Å². The zero-order valence-corrected chi connectivity index (χ0v) is 19.5. The van der Waals surface area contributed by atoms with Crippen molar-refractivity contribution in [3.8, 4) is 11.5 Å². The van der Waals surface area contributed by atoms with E-state index in [1.807, 2.05) is 0 Å². The molecule has 0 saturated carbocycles. The van der Waals surface area contributed by atoms with Gasteiger partial charge in [0.1, 0.15) is 4.32 Å². The van der Waals surface area contributed by atoms with Crippen LogP contribution < -0.4 is 9.47 Å². The highest BCUT2D eigenvalue weighted by Gasteiger charge is 2.40. The number of hydrogen-bond donors (Lipinski definition) is 2. The molecule has 1 saturated heterocycles. The highest BCUT2D eigenvalue weighted by atomic mass is 32.2. The average Bonchev–Trinajstić information content (AvgIpc) is 3.02. The van der Waals surface area contributed by atoms with Crippen molar-refractivity contribution < 1.29 is 29.3 Å². The van der Waals surface area contributed by atoms with Crippen LogP contribution in [-0.4, -0.2) is 57.7 Å². The zero-order valence-electron chi connectivity index (χ0n) is 17.8. The highest BCUT2D eigenvalue weighted by molar-refractivity contribution is 8.26. The van der Waals surface area contributed by atoms with E-state index in [4.69, 9.17) is 21.7 Å². The van der Waals surface area contributed by atoms with Gasteiger partial charge in [0.2, 0.25) is 0 Å². The number of thioether (sulfide) groups is 1. The third-order valence-corrected chi connectivity index (χ3v) is 6.16. The molecule has 0 spiro atoms. The number of aliphatic carboxylic acids is 1. The summed E-state index contributed by atoms with van der Waals surface area (Å²) < 4.78 is 11.4. The fourth-order valence-electron chi connectivity index (χ4n) is 3.13. The van der Waals surface area contributed by atoms with Crippen molar-refractivity contribution in [1.29, 1.82) is 0 Å². The molecule has 1 aliphatic rings. The molecular formula is C22H29NO6S2. The molecule has 7 nitrogen and oxygen atoms in total. The van der Waals surface area contributed by atoms with Crippen molar-refractivity contribution in [2.45, 2.75) is 51.5 Å². The molecule has 1 aliphatic heterocycles. The second-order valence-electron chi connectivity index (χ2n) is 7.11. The van der Waals surface area contributed by atoms with Crippen molar-refractivity contribution in [1.82, 2.24) is 4.90 Å². The maximum Gasteiger partial charge on any atom is 0.329 e. The molecule has 170 valence electrons. The fraction of sp³-hybridized carbons (Fsp3) is 0.500. The molecule has 1 unspecified atom stereocenters. The number of amides is 1. The van der Waals surface area contributed by atoms with Crippen molar-refractivity contribution in [3.63, 3.8) is 0 Å². The Morgan fingerprint density at radius 3 is 2.58 bits per heavy atom. The molecule has 1 atom stereocenters. The standard InChI is InChI=1S/C22H29NO6S2/c1-3-4-5-6-7-8-11-29-17-10-9-15(12-18(17)28-2)13-19-20(25)23(22(30)31-19)16(14-24)21(26)27/h9-10,12-13,16,24H,3-8,11,14H2,1-2H3,(H,26,27). The summed E-state index contributed by atoms with van der Waals surface area (Å²) in [5.74, 6) is -0.673. The quantitative estimate of drug-likeness (QED) is 0.254. The van der Waals surface area contributed by atoms with Gasteiger partial charge in [-0.25, -0.2) is 4.79 Å². The van der Waals surface area contributed by atoms with E-state index < -0.39 is 24.5 Å². The molecule has 0 bridgehead atoms. The predicted octanol–water partition coefficient (Wildman–Crippen LogP) is 4.08. The number of nitrogens with zero attached hydrogens (tertiary/aromatic N) is 1. The first-order valence-corrected chi connectivity index (χ1v) is 11.6. The Hall–Kier alpha value is -2.10. The average molecular weight is 468 g/mol. The van der Waals surface area contributed by atoms with E-state index in [0.717, 1.165) is 29.5 Å². The van der Waals surface area contributed by atoms with Crippen molar-refractivity contribution >= 4 is 46.3 Å². The van der Waals surface area contributed by atoms with Gasteiger partial charge in [-0.05, 0) is 30.2 Å². The van der Waals surface area contributed by atoms with E-state index in [1.165, 1.54) is 25.7 Å². The lowest BCUT2D eigenvalue weighted by Gasteiger charge is -2.20. The Morgan fingerprint density at radius 1 is 1.23 bits per heavy atom. The van der Waals surface area contributed by atoms with Crippen LogP contribution in [0.5, 0.6) is 11.5 Å². The highest BCUT2D eigenvalue weighted by Crippen LogP contribution is 2.35. The monoisotopic (exact) mass is 467 g/mol. The number of carboxylic acid groups (broad SMARTS) is 1. The van der Waals surface area contributed by atoms with Crippen LogP contribution in [0.1, 0.15) is 51.0 Å². The van der Waals surface area contributed by atoms with Gasteiger partial charge in [-0.1, -0.05) is 69.1 Å². The Kier molecular flexibility index (Phi) is 10.3. The number of aliphatic hydroxyl groups is 1. The molecule has 1 aromatic rings. The molecule has 0 radical (unpaired) electrons. The van der Waals surface area contributed by atoms with Gasteiger partial charge in [0.05, 0.1) is 25.2 Å². The van der Waals surface area contributed by atoms with E-state index in [1.54, 1.807) is 31.4 Å². The van der Waals surface area contributed by atoms with Gasteiger partial charge in [-0.15, -0.1) is 0 Å². The number of ether oxygens (including phenoxy) is 2. The van der Waals surface area contributed by atoms with Crippen molar-refractivity contribution in [2.24, 2.45) is 0 Å². The molecule has 1 aromatic carbocycles. The third-order valence-electron chi connectivity index (χ3n) is 4.83. The number of methoxy groups -OCH3 is 1. The summed E-state index contributed by atoms with van der Waals surface area (Å²) >= 11 is 6.15. The Morgan fingerprint density at radius 2 is 1.94 bits per heavy atom. The van der Waals surface area contributed by atoms with Crippen LogP contribution in [0.25, 0.3) is 6.08 Å². The van der Waals surface area contributed by atoms with Gasteiger partial charge < -0.3 is 19.7 Å². The number of unbranched alkanes of at least 4 members (excludes halogenated alkanes) is 5. The summed E-state index contributed by atoms with van der Waals surface area (Å²) in [4.78, 5) is 25.1. The van der Waals surface area contributed by atoms with Crippen molar-refractivity contribution in [2.75, 3.05) is 20.3 Å². The van der Waals surface area contributed by atoms with E-state index >= 15 is 0 Å². The van der Waals surface area contributed by atoms with Crippen LogP contribution in [0.15, 0.2) is 23.1 Å². The summed E-state index contributed by atoms with van der Waals surface area (Å²) in [6, 6.07) is 3.94. The van der Waals surface area contributed by atoms with Gasteiger partial charge in [-0.2, -0.15) is 0 Å². The fourth-order valence-corrected chi connectivity index (χ4v) is 4.48. The van der Waals surface area contributed by atoms with Gasteiger partial charge in [0.25, 0.3) is 5.91 Å². The molecule has 1 heterocycles. The summed E-state index contributed by atoms with van der Waals surface area (Å²) in [6.45, 7) is 2.09. The van der Waals surface area contributed by atoms with E-state index in [-0.39, 0.29) is 9.23 Å². The second-order valence-corrected chi connectivity index (χ2v) is 8.79. The van der Waals surface area contributed by atoms with Crippen molar-refractivity contribution in [3.05, 3.63) is 28.7 Å². The molecule has 2 rings (SSSR count). The van der Waals surface area contributed by atoms with Crippen LogP contribution >= 0.6 is 24.0 Å². The minimum atomic E-state index is -1.40. The maximum absolute atomic E-state index is 12.6. The van der Waals surface area contributed by atoms with Crippen LogP contribution in [0.2, 0.25) is 0 Å². The first-order chi connectivity index (χ1) is 14.9. The number of thiocarbonyl (C=S) groups is 1. The van der Waals surface area contributed by atoms with Gasteiger partial charge in [0, 0.05) is 0 Å². The molecule has 9 heteroatoms. The smallest absolute Gasteiger partial charge is 0.329 e. The molecule has 1 fully saturated rings. The second kappa shape index (κ2) is 12.7. The van der Waals surface area contributed by atoms with E-state index in [0.29, 0.717) is 23.7 Å². The summed E-state index contributed by atoms with van der Waals surface area (Å²) in [5, 5.41) is 18.5. The Balaban J connectivity index is 2.04. The number of carboxylic acids is 1. The molecule has 0 aromatic heterocycles. The number of benzene rings is 1. The van der Waals surface area contributed by atoms with Crippen LogP contribution in [0.4, 0.5) is 0 Å². The van der Waals surface area contributed by atoms with Crippen LogP contribution in [0.3, 0.4) is 0 Å². The van der Waals surface area contributed by atoms with Gasteiger partial charge >= 0.3 is 5.97 Å². The number of carbonyl (C=O) groups excluding carboxylic acids is 1. The topological polar surface area (TPSA) is 96.3 Å². The summed E-state index contributed by atoms with van der Waals surface area (Å²) in [7, 11) is 1.55. The van der Waals surface area contributed by atoms with Crippen LogP contribution in [0, 0.1) is 0 Å². The maximum atomic E-state index is 12.6. The normalized spacial score (nSPS) is 16.1. The first-order valence-electron chi connectivity index (χ1n) is 10.3. The number of carbonyl (C=O) groups is 2.